The van der Waals surface area contributed by atoms with E-state index >= 15 is 0 Å². The molecule has 0 heterocycles. The van der Waals surface area contributed by atoms with Gasteiger partial charge in [-0.25, -0.2) is 9.82 Å². The maximum absolute atomic E-state index is 12.7. The standard InChI is InChI=1S/C15H19FN2O2/c1-11-3-2-4-13(9-11)17-18-15(19)10-20-14-7-5-12(16)6-8-14/h5-8,11H,2-4,9-10H2,1H3,(H,18,19)/b17-13-/t11-/m1/s1. The number of hydrogen-bond donors (Lipinski definition) is 1. The molecule has 0 spiro atoms. The average molecular weight is 278 g/mol. The molecule has 2 rings (SSSR count). The minimum Gasteiger partial charge on any atom is -0.484 e. The van der Waals surface area contributed by atoms with E-state index in [-0.39, 0.29) is 18.3 Å². The third-order valence-corrected chi connectivity index (χ3v) is 3.27. The van der Waals surface area contributed by atoms with E-state index in [9.17, 15) is 9.18 Å². The Morgan fingerprint density at radius 2 is 2.20 bits per heavy atom. The molecule has 0 bridgehead atoms. The van der Waals surface area contributed by atoms with Gasteiger partial charge in [-0.1, -0.05) is 6.92 Å². The minimum absolute atomic E-state index is 0.127. The van der Waals surface area contributed by atoms with Gasteiger partial charge in [0.15, 0.2) is 6.61 Å². The highest BCUT2D eigenvalue weighted by Crippen LogP contribution is 2.20. The monoisotopic (exact) mass is 278 g/mol. The number of rotatable bonds is 4. The van der Waals surface area contributed by atoms with Crippen LogP contribution in [0.4, 0.5) is 4.39 Å². The van der Waals surface area contributed by atoms with Crippen LogP contribution >= 0.6 is 0 Å². The molecular weight excluding hydrogens is 259 g/mol. The van der Waals surface area contributed by atoms with E-state index in [1.807, 2.05) is 0 Å². The number of hydrogen-bond acceptors (Lipinski definition) is 3. The summed E-state index contributed by atoms with van der Waals surface area (Å²) in [5.74, 6) is 0.454. The predicted octanol–water partition coefficient (Wildman–Crippen LogP) is 2.89. The van der Waals surface area contributed by atoms with E-state index in [1.165, 1.54) is 30.7 Å². The third-order valence-electron chi connectivity index (χ3n) is 3.27. The molecule has 20 heavy (non-hydrogen) atoms. The van der Waals surface area contributed by atoms with E-state index in [2.05, 4.69) is 17.5 Å². The van der Waals surface area contributed by atoms with E-state index in [1.54, 1.807) is 0 Å². The molecule has 4 nitrogen and oxygen atoms in total. The van der Waals surface area contributed by atoms with Crippen LogP contribution in [-0.4, -0.2) is 18.2 Å². The lowest BCUT2D eigenvalue weighted by atomic mass is 9.89. The van der Waals surface area contributed by atoms with Gasteiger partial charge in [-0.05, 0) is 55.9 Å². The molecule has 1 amide bonds. The van der Waals surface area contributed by atoms with E-state index < -0.39 is 0 Å². The molecule has 1 aromatic rings. The van der Waals surface area contributed by atoms with E-state index in [0.717, 1.165) is 25.0 Å². The van der Waals surface area contributed by atoms with Gasteiger partial charge in [0, 0.05) is 5.71 Å². The minimum atomic E-state index is -0.334. The summed E-state index contributed by atoms with van der Waals surface area (Å²) in [7, 11) is 0. The fourth-order valence-electron chi connectivity index (χ4n) is 2.22. The Kier molecular flexibility index (Phi) is 5.09. The van der Waals surface area contributed by atoms with Gasteiger partial charge in [0.1, 0.15) is 11.6 Å². The summed E-state index contributed by atoms with van der Waals surface area (Å²) in [6, 6.07) is 5.54. The number of carbonyl (C=O) groups is 1. The van der Waals surface area contributed by atoms with Crippen molar-refractivity contribution in [1.82, 2.24) is 5.43 Å². The Balaban J connectivity index is 1.75. The van der Waals surface area contributed by atoms with Crippen LogP contribution in [0.3, 0.4) is 0 Å². The van der Waals surface area contributed by atoms with Crippen molar-refractivity contribution in [3.05, 3.63) is 30.1 Å². The maximum Gasteiger partial charge on any atom is 0.277 e. The second kappa shape index (κ2) is 7.03. The van der Waals surface area contributed by atoms with Crippen LogP contribution < -0.4 is 10.2 Å². The molecule has 1 N–H and O–H groups in total. The van der Waals surface area contributed by atoms with Gasteiger partial charge in [-0.2, -0.15) is 5.10 Å². The molecule has 1 saturated carbocycles. The van der Waals surface area contributed by atoms with Crippen molar-refractivity contribution in [1.29, 1.82) is 0 Å². The lowest BCUT2D eigenvalue weighted by Crippen LogP contribution is -2.27. The molecule has 0 aromatic heterocycles. The van der Waals surface area contributed by atoms with Crippen LogP contribution in [0, 0.1) is 11.7 Å². The molecule has 0 unspecified atom stereocenters. The Bertz CT molecular complexity index is 485. The SMILES string of the molecule is C[C@@H]1CCC/C(=N/NC(=O)COc2ccc(F)cc2)C1. The lowest BCUT2D eigenvalue weighted by molar-refractivity contribution is -0.123. The molecular formula is C15H19FN2O2. The topological polar surface area (TPSA) is 50.7 Å². The fraction of sp³-hybridized carbons (Fsp3) is 0.467. The van der Waals surface area contributed by atoms with E-state index in [0.29, 0.717) is 11.7 Å². The van der Waals surface area contributed by atoms with Crippen molar-refractivity contribution in [2.24, 2.45) is 11.0 Å². The normalized spacial score (nSPS) is 20.7. The zero-order chi connectivity index (χ0) is 14.4. The first-order valence-electron chi connectivity index (χ1n) is 6.86. The first kappa shape index (κ1) is 14.5. The van der Waals surface area contributed by atoms with Crippen LogP contribution in [-0.2, 0) is 4.79 Å². The summed E-state index contributed by atoms with van der Waals surface area (Å²) < 4.78 is 17.9. The van der Waals surface area contributed by atoms with Crippen LogP contribution in [0.15, 0.2) is 29.4 Å². The highest BCUT2D eigenvalue weighted by atomic mass is 19.1. The quantitative estimate of drug-likeness (QED) is 0.861. The van der Waals surface area contributed by atoms with Crippen LogP contribution in [0.1, 0.15) is 32.6 Å². The summed E-state index contributed by atoms with van der Waals surface area (Å²) in [5.41, 5.74) is 3.55. The van der Waals surface area contributed by atoms with Crippen LogP contribution in [0.25, 0.3) is 0 Å². The second-order valence-electron chi connectivity index (χ2n) is 5.16. The molecule has 1 aliphatic rings. The van der Waals surface area contributed by atoms with Crippen molar-refractivity contribution < 1.29 is 13.9 Å². The fourth-order valence-corrected chi connectivity index (χ4v) is 2.22. The number of carbonyl (C=O) groups excluding carboxylic acids is 1. The van der Waals surface area contributed by atoms with Crippen molar-refractivity contribution in [2.75, 3.05) is 6.61 Å². The van der Waals surface area contributed by atoms with Gasteiger partial charge < -0.3 is 4.74 Å². The van der Waals surface area contributed by atoms with Gasteiger partial charge in [0.2, 0.25) is 0 Å². The van der Waals surface area contributed by atoms with Crippen LogP contribution in [0.5, 0.6) is 5.75 Å². The number of hydrazone groups is 1. The molecule has 0 radical (unpaired) electrons. The molecule has 1 fully saturated rings. The van der Waals surface area contributed by atoms with Gasteiger partial charge in [-0.15, -0.1) is 0 Å². The summed E-state index contributed by atoms with van der Waals surface area (Å²) in [5, 5.41) is 4.14. The zero-order valence-electron chi connectivity index (χ0n) is 11.6. The molecule has 1 aliphatic carbocycles. The summed E-state index contributed by atoms with van der Waals surface area (Å²) in [4.78, 5) is 11.6. The largest absolute Gasteiger partial charge is 0.484 e. The molecule has 108 valence electrons. The Morgan fingerprint density at radius 3 is 2.90 bits per heavy atom. The highest BCUT2D eigenvalue weighted by Gasteiger charge is 2.14. The number of nitrogens with one attached hydrogen (secondary N) is 1. The number of halogens is 1. The van der Waals surface area contributed by atoms with Crippen molar-refractivity contribution in [2.45, 2.75) is 32.6 Å². The zero-order valence-corrected chi connectivity index (χ0v) is 11.6. The van der Waals surface area contributed by atoms with E-state index in [4.69, 9.17) is 4.74 Å². The Hall–Kier alpha value is -1.91. The second-order valence-corrected chi connectivity index (χ2v) is 5.16. The van der Waals surface area contributed by atoms with Gasteiger partial charge in [0.25, 0.3) is 5.91 Å². The number of amides is 1. The Labute approximate surface area is 118 Å². The maximum atomic E-state index is 12.7. The number of benzene rings is 1. The summed E-state index contributed by atoms with van der Waals surface area (Å²) in [6.07, 6.45) is 4.24. The van der Waals surface area contributed by atoms with Crippen molar-refractivity contribution in [3.63, 3.8) is 0 Å². The average Bonchev–Trinajstić information content (AvgIpc) is 2.45. The number of ether oxygens (including phenoxy) is 1. The lowest BCUT2D eigenvalue weighted by Gasteiger charge is -2.18. The Morgan fingerprint density at radius 1 is 1.45 bits per heavy atom. The van der Waals surface area contributed by atoms with Gasteiger partial charge >= 0.3 is 0 Å². The van der Waals surface area contributed by atoms with Crippen molar-refractivity contribution in [3.8, 4) is 5.75 Å². The van der Waals surface area contributed by atoms with Crippen LogP contribution in [0.2, 0.25) is 0 Å². The van der Waals surface area contributed by atoms with Gasteiger partial charge in [0.05, 0.1) is 0 Å². The smallest absolute Gasteiger partial charge is 0.277 e. The predicted molar refractivity (Wildman–Crippen MR) is 75.1 cm³/mol. The first-order chi connectivity index (χ1) is 9.63. The summed E-state index contributed by atoms with van der Waals surface area (Å²) >= 11 is 0. The molecule has 0 saturated heterocycles. The first-order valence-corrected chi connectivity index (χ1v) is 6.86. The highest BCUT2D eigenvalue weighted by molar-refractivity contribution is 5.87. The number of nitrogens with zero attached hydrogens (tertiary/aromatic N) is 1. The molecule has 5 heteroatoms. The summed E-state index contributed by atoms with van der Waals surface area (Å²) in [6.45, 7) is 2.06. The van der Waals surface area contributed by atoms with Crippen molar-refractivity contribution >= 4 is 11.6 Å². The molecule has 0 aliphatic heterocycles. The molecule has 1 aromatic carbocycles. The van der Waals surface area contributed by atoms with Gasteiger partial charge in [-0.3, -0.25) is 4.79 Å². The molecule has 1 atom stereocenters. The third kappa shape index (κ3) is 4.64.